The highest BCUT2D eigenvalue weighted by atomic mass is 35.5. The number of rotatable bonds is 4. The summed E-state index contributed by atoms with van der Waals surface area (Å²) in [6.07, 6.45) is -5.24. The second-order valence-electron chi connectivity index (χ2n) is 6.71. The topological polar surface area (TPSA) is 77.4 Å². The largest absolute Gasteiger partial charge is 0.388 e. The van der Waals surface area contributed by atoms with Crippen LogP contribution < -0.4 is 0 Å². The summed E-state index contributed by atoms with van der Waals surface area (Å²) in [5, 5.41) is 22.1. The van der Waals surface area contributed by atoms with E-state index in [-0.39, 0.29) is 13.2 Å². The fraction of sp³-hybridized carbons (Fsp3) is 0.400. The van der Waals surface area contributed by atoms with Crippen LogP contribution in [0, 0.1) is 0 Å². The maximum atomic E-state index is 10.8. The summed E-state index contributed by atoms with van der Waals surface area (Å²) in [5.74, 6) is 0. The highest BCUT2D eigenvalue weighted by molar-refractivity contribution is 6.31. The molecule has 0 radical (unpaired) electrons. The van der Waals surface area contributed by atoms with Gasteiger partial charge in [0.25, 0.3) is 0 Å². The average molecular weight is 427 g/mol. The number of hydrogen-bond donors (Lipinski definition) is 2. The number of aliphatic hydroxyl groups excluding tert-OH is 2. The quantitative estimate of drug-likeness (QED) is 0.781. The van der Waals surface area contributed by atoms with Crippen LogP contribution in [0.15, 0.2) is 48.5 Å². The molecule has 2 aromatic rings. The van der Waals surface area contributed by atoms with Crippen LogP contribution in [0.5, 0.6) is 0 Å². The van der Waals surface area contributed by atoms with Crippen LogP contribution in [0.25, 0.3) is 0 Å². The molecule has 0 bridgehead atoms. The Morgan fingerprint density at radius 1 is 0.821 bits per heavy atom. The van der Waals surface area contributed by atoms with Gasteiger partial charge in [0, 0.05) is 21.2 Å². The van der Waals surface area contributed by atoms with Crippen LogP contribution >= 0.6 is 23.2 Å². The maximum absolute atomic E-state index is 10.8. The van der Waals surface area contributed by atoms with Crippen LogP contribution in [0.4, 0.5) is 0 Å². The molecule has 0 aliphatic carbocycles. The molecule has 2 aliphatic rings. The minimum atomic E-state index is -1.13. The number of halogens is 2. The second kappa shape index (κ2) is 8.65. The summed E-state index contributed by atoms with van der Waals surface area (Å²) in [6, 6.07) is 14.3. The van der Waals surface area contributed by atoms with Crippen molar-refractivity contribution in [3.63, 3.8) is 0 Å². The molecule has 6 atom stereocenters. The molecule has 0 amide bonds. The lowest BCUT2D eigenvalue weighted by molar-refractivity contribution is -0.283. The highest BCUT2D eigenvalue weighted by Gasteiger charge is 2.43. The van der Waals surface area contributed by atoms with Gasteiger partial charge >= 0.3 is 0 Å². The van der Waals surface area contributed by atoms with Crippen molar-refractivity contribution < 1.29 is 29.2 Å². The molecular formula is C20H20Cl2O6. The minimum Gasteiger partial charge on any atom is -0.388 e. The molecule has 0 aromatic heterocycles. The van der Waals surface area contributed by atoms with E-state index in [0.29, 0.717) is 21.2 Å². The zero-order valence-corrected chi connectivity index (χ0v) is 16.3. The Balaban J connectivity index is 1.45. The minimum absolute atomic E-state index is 0.000858. The SMILES string of the molecule is O[C@@H]([C@@H]1OC(c2ccccc2Cl)OC[C@@H]1O)[C@H]1COC(c2ccccc2Cl)O1. The smallest absolute Gasteiger partial charge is 0.185 e. The third-order valence-corrected chi connectivity index (χ3v) is 5.51. The summed E-state index contributed by atoms with van der Waals surface area (Å²) < 4.78 is 22.9. The molecule has 150 valence electrons. The lowest BCUT2D eigenvalue weighted by atomic mass is 10.0. The van der Waals surface area contributed by atoms with E-state index in [1.165, 1.54) is 0 Å². The lowest BCUT2D eigenvalue weighted by Crippen LogP contribution is -2.52. The predicted molar refractivity (Wildman–Crippen MR) is 102 cm³/mol. The van der Waals surface area contributed by atoms with Gasteiger partial charge in [-0.25, -0.2) is 0 Å². The van der Waals surface area contributed by atoms with E-state index in [1.54, 1.807) is 30.3 Å². The molecule has 28 heavy (non-hydrogen) atoms. The highest BCUT2D eigenvalue weighted by Crippen LogP contribution is 2.36. The number of ether oxygens (including phenoxy) is 4. The van der Waals surface area contributed by atoms with Crippen molar-refractivity contribution in [1.82, 2.24) is 0 Å². The molecule has 2 saturated heterocycles. The van der Waals surface area contributed by atoms with E-state index in [0.717, 1.165) is 0 Å². The zero-order valence-electron chi connectivity index (χ0n) is 14.8. The van der Waals surface area contributed by atoms with E-state index in [4.69, 9.17) is 42.1 Å². The first-order valence-electron chi connectivity index (χ1n) is 8.93. The second-order valence-corrected chi connectivity index (χ2v) is 7.52. The van der Waals surface area contributed by atoms with Crippen molar-refractivity contribution in [3.05, 3.63) is 69.7 Å². The van der Waals surface area contributed by atoms with Gasteiger partial charge in [-0.3, -0.25) is 0 Å². The third-order valence-electron chi connectivity index (χ3n) is 4.82. The fourth-order valence-electron chi connectivity index (χ4n) is 3.33. The molecule has 0 saturated carbocycles. The first-order valence-corrected chi connectivity index (χ1v) is 9.69. The Kier molecular flexibility index (Phi) is 6.20. The number of hydrogen-bond acceptors (Lipinski definition) is 6. The molecule has 2 aliphatic heterocycles. The maximum Gasteiger partial charge on any atom is 0.185 e. The third kappa shape index (κ3) is 4.06. The zero-order chi connectivity index (χ0) is 19.7. The van der Waals surface area contributed by atoms with Crippen molar-refractivity contribution in [1.29, 1.82) is 0 Å². The number of aliphatic hydroxyl groups is 2. The van der Waals surface area contributed by atoms with Gasteiger partial charge in [0.1, 0.15) is 24.4 Å². The van der Waals surface area contributed by atoms with Gasteiger partial charge in [-0.2, -0.15) is 0 Å². The van der Waals surface area contributed by atoms with Crippen LogP contribution in [0.3, 0.4) is 0 Å². The summed E-state index contributed by atoms with van der Waals surface area (Å²) >= 11 is 12.4. The van der Waals surface area contributed by atoms with Crippen LogP contribution in [-0.4, -0.2) is 47.8 Å². The normalized spacial score (nSPS) is 31.6. The molecule has 8 heteroatoms. The van der Waals surface area contributed by atoms with E-state index in [1.807, 2.05) is 18.2 Å². The lowest BCUT2D eigenvalue weighted by Gasteiger charge is -2.38. The Hall–Kier alpha value is -1.22. The van der Waals surface area contributed by atoms with Crippen molar-refractivity contribution >= 4 is 23.2 Å². The first kappa shape index (κ1) is 20.1. The molecule has 2 fully saturated rings. The van der Waals surface area contributed by atoms with Gasteiger partial charge in [0.05, 0.1) is 13.2 Å². The summed E-state index contributed by atoms with van der Waals surface area (Å²) in [4.78, 5) is 0. The average Bonchev–Trinajstić information content (AvgIpc) is 3.19. The standard InChI is InChI=1S/C20H20Cl2O6/c21-13-7-3-1-5-11(13)19-26-10-16(27-19)17(24)18-15(23)9-25-20(28-18)12-6-2-4-8-14(12)22/h1-8,15-20,23-24H,9-10H2/t15-,16+,17+,18+,19?,20?/m0/s1. The summed E-state index contributed by atoms with van der Waals surface area (Å²) in [5.41, 5.74) is 1.31. The van der Waals surface area contributed by atoms with Gasteiger partial charge in [0.15, 0.2) is 12.6 Å². The van der Waals surface area contributed by atoms with Gasteiger partial charge < -0.3 is 29.2 Å². The molecule has 2 N–H and O–H groups in total. The predicted octanol–water partition coefficient (Wildman–Crippen LogP) is 3.24. The Labute approximate surface area is 172 Å². The molecule has 4 rings (SSSR count). The van der Waals surface area contributed by atoms with Crippen molar-refractivity contribution in [2.45, 2.75) is 37.0 Å². The molecule has 6 nitrogen and oxygen atoms in total. The molecule has 0 spiro atoms. The Morgan fingerprint density at radius 3 is 1.96 bits per heavy atom. The Morgan fingerprint density at radius 2 is 1.36 bits per heavy atom. The molecule has 2 unspecified atom stereocenters. The molecular weight excluding hydrogens is 407 g/mol. The monoisotopic (exact) mass is 426 g/mol. The van der Waals surface area contributed by atoms with E-state index < -0.39 is 37.0 Å². The summed E-state index contributed by atoms with van der Waals surface area (Å²) in [7, 11) is 0. The van der Waals surface area contributed by atoms with E-state index in [9.17, 15) is 10.2 Å². The van der Waals surface area contributed by atoms with Crippen molar-refractivity contribution in [3.8, 4) is 0 Å². The first-order chi connectivity index (χ1) is 13.5. The van der Waals surface area contributed by atoms with Crippen molar-refractivity contribution in [2.75, 3.05) is 13.2 Å². The van der Waals surface area contributed by atoms with E-state index in [2.05, 4.69) is 0 Å². The summed E-state index contributed by atoms with van der Waals surface area (Å²) in [6.45, 7) is 0.139. The van der Waals surface area contributed by atoms with Gasteiger partial charge in [0.2, 0.25) is 0 Å². The molecule has 2 heterocycles. The fourth-order valence-corrected chi connectivity index (χ4v) is 3.78. The van der Waals surface area contributed by atoms with Gasteiger partial charge in [-0.1, -0.05) is 59.6 Å². The van der Waals surface area contributed by atoms with Crippen LogP contribution in [-0.2, 0) is 18.9 Å². The molecule has 2 aromatic carbocycles. The van der Waals surface area contributed by atoms with Gasteiger partial charge in [-0.05, 0) is 12.1 Å². The number of benzene rings is 2. The van der Waals surface area contributed by atoms with Crippen molar-refractivity contribution in [2.24, 2.45) is 0 Å². The van der Waals surface area contributed by atoms with Crippen LogP contribution in [0.1, 0.15) is 23.7 Å². The van der Waals surface area contributed by atoms with Gasteiger partial charge in [-0.15, -0.1) is 0 Å². The Bertz CT molecular complexity index is 819. The van der Waals surface area contributed by atoms with Crippen LogP contribution in [0.2, 0.25) is 10.0 Å². The van der Waals surface area contributed by atoms with E-state index >= 15 is 0 Å².